The number of carbonyl (C=O) groups excluding carboxylic acids is 1. The van der Waals surface area contributed by atoms with Gasteiger partial charge in [-0.3, -0.25) is 15.4 Å². The molecular formula is C17H18N2O4. The summed E-state index contributed by atoms with van der Waals surface area (Å²) in [6, 6.07) is 13.4. The number of hydrogen-bond donors (Lipinski definition) is 1. The molecule has 0 saturated carbocycles. The number of nitrogens with zero attached hydrogens (tertiary/aromatic N) is 1. The zero-order chi connectivity index (χ0) is 17.0. The van der Waals surface area contributed by atoms with E-state index in [1.807, 2.05) is 12.1 Å². The Bertz CT molecular complexity index is 718. The summed E-state index contributed by atoms with van der Waals surface area (Å²) in [6.07, 6.45) is -0.549. The minimum atomic E-state index is -0.591. The molecule has 2 aromatic carbocycles. The SMILES string of the molecule is CC(C)(C)OC(=O)Nc1ccccc1-c1ccc([N+](=O)[O-])cc1. The lowest BCUT2D eigenvalue weighted by Gasteiger charge is -2.20. The average molecular weight is 314 g/mol. The Morgan fingerprint density at radius 1 is 1.09 bits per heavy atom. The lowest BCUT2D eigenvalue weighted by molar-refractivity contribution is -0.384. The standard InChI is InChI=1S/C17H18N2O4/c1-17(2,3)23-16(20)18-15-7-5-4-6-14(15)12-8-10-13(11-9-12)19(21)22/h4-11H,1-3H3,(H,18,20). The van der Waals surface area contributed by atoms with Crippen molar-refractivity contribution in [3.05, 3.63) is 58.6 Å². The number of ether oxygens (including phenoxy) is 1. The largest absolute Gasteiger partial charge is 0.444 e. The van der Waals surface area contributed by atoms with Crippen LogP contribution in [0.25, 0.3) is 11.1 Å². The number of amides is 1. The van der Waals surface area contributed by atoms with Gasteiger partial charge in [0.25, 0.3) is 5.69 Å². The summed E-state index contributed by atoms with van der Waals surface area (Å²) in [5, 5.41) is 13.4. The molecule has 0 fully saturated rings. The smallest absolute Gasteiger partial charge is 0.412 e. The Labute approximate surface area is 134 Å². The molecule has 120 valence electrons. The lowest BCUT2D eigenvalue weighted by Crippen LogP contribution is -2.27. The van der Waals surface area contributed by atoms with Crippen LogP contribution < -0.4 is 5.32 Å². The maximum atomic E-state index is 11.9. The van der Waals surface area contributed by atoms with Crippen LogP contribution in [0.1, 0.15) is 20.8 Å². The molecule has 2 rings (SSSR count). The molecule has 0 unspecified atom stereocenters. The first-order valence-corrected chi connectivity index (χ1v) is 7.10. The second kappa shape index (κ2) is 6.48. The van der Waals surface area contributed by atoms with Gasteiger partial charge in [-0.25, -0.2) is 4.79 Å². The topological polar surface area (TPSA) is 81.5 Å². The normalized spacial score (nSPS) is 10.9. The first kappa shape index (κ1) is 16.5. The predicted molar refractivity (Wildman–Crippen MR) is 88.4 cm³/mol. The fourth-order valence-electron chi connectivity index (χ4n) is 2.02. The summed E-state index contributed by atoms with van der Waals surface area (Å²) in [5.41, 5.74) is 1.53. The van der Waals surface area contributed by atoms with Gasteiger partial charge in [-0.2, -0.15) is 0 Å². The van der Waals surface area contributed by atoms with Crippen molar-refractivity contribution in [1.29, 1.82) is 0 Å². The van der Waals surface area contributed by atoms with Crippen LogP contribution in [0, 0.1) is 10.1 Å². The third-order valence-corrected chi connectivity index (χ3v) is 2.95. The number of nitrogens with one attached hydrogen (secondary N) is 1. The number of hydrogen-bond acceptors (Lipinski definition) is 4. The van der Waals surface area contributed by atoms with Crippen LogP contribution in [0.4, 0.5) is 16.2 Å². The van der Waals surface area contributed by atoms with Gasteiger partial charge >= 0.3 is 6.09 Å². The summed E-state index contributed by atoms with van der Waals surface area (Å²) in [6.45, 7) is 5.36. The molecule has 0 heterocycles. The molecule has 6 nitrogen and oxygen atoms in total. The number of rotatable bonds is 3. The zero-order valence-corrected chi connectivity index (χ0v) is 13.2. The van der Waals surface area contributed by atoms with Crippen molar-refractivity contribution in [2.45, 2.75) is 26.4 Å². The molecule has 0 aliphatic rings. The van der Waals surface area contributed by atoms with Gasteiger partial charge in [0.05, 0.1) is 10.6 Å². The van der Waals surface area contributed by atoms with E-state index in [0.29, 0.717) is 5.69 Å². The second-order valence-electron chi connectivity index (χ2n) is 5.98. The van der Waals surface area contributed by atoms with Crippen LogP contribution in [-0.2, 0) is 4.74 Å². The summed E-state index contributed by atoms with van der Waals surface area (Å²) in [7, 11) is 0. The van der Waals surface area contributed by atoms with Crippen molar-refractivity contribution < 1.29 is 14.5 Å². The number of anilines is 1. The van der Waals surface area contributed by atoms with Gasteiger partial charge in [0.15, 0.2) is 0 Å². The molecule has 0 spiro atoms. The number of nitro benzene ring substituents is 1. The van der Waals surface area contributed by atoms with E-state index in [1.54, 1.807) is 45.0 Å². The average Bonchev–Trinajstić information content (AvgIpc) is 2.46. The van der Waals surface area contributed by atoms with E-state index in [0.717, 1.165) is 11.1 Å². The molecule has 0 atom stereocenters. The third kappa shape index (κ3) is 4.54. The summed E-state index contributed by atoms with van der Waals surface area (Å²) >= 11 is 0. The molecule has 1 amide bonds. The van der Waals surface area contributed by atoms with E-state index in [1.165, 1.54) is 12.1 Å². The van der Waals surface area contributed by atoms with Gasteiger partial charge in [0.1, 0.15) is 5.60 Å². The summed E-state index contributed by atoms with van der Waals surface area (Å²) < 4.78 is 5.24. The fourth-order valence-corrected chi connectivity index (χ4v) is 2.02. The van der Waals surface area contributed by atoms with E-state index < -0.39 is 16.6 Å². The summed E-state index contributed by atoms with van der Waals surface area (Å²) in [4.78, 5) is 22.2. The van der Waals surface area contributed by atoms with E-state index in [-0.39, 0.29) is 5.69 Å². The van der Waals surface area contributed by atoms with Crippen molar-refractivity contribution in [1.82, 2.24) is 0 Å². The molecule has 0 aliphatic heterocycles. The first-order chi connectivity index (χ1) is 10.8. The third-order valence-electron chi connectivity index (χ3n) is 2.95. The number of para-hydroxylation sites is 1. The molecule has 23 heavy (non-hydrogen) atoms. The molecule has 2 aromatic rings. The van der Waals surface area contributed by atoms with E-state index in [4.69, 9.17) is 4.74 Å². The van der Waals surface area contributed by atoms with Crippen molar-refractivity contribution in [3.63, 3.8) is 0 Å². The fraction of sp³-hybridized carbons (Fsp3) is 0.235. The van der Waals surface area contributed by atoms with E-state index in [9.17, 15) is 14.9 Å². The van der Waals surface area contributed by atoms with Crippen LogP contribution >= 0.6 is 0 Å². The van der Waals surface area contributed by atoms with Crippen LogP contribution in [-0.4, -0.2) is 16.6 Å². The Balaban J connectivity index is 2.27. The first-order valence-electron chi connectivity index (χ1n) is 7.10. The highest BCUT2D eigenvalue weighted by atomic mass is 16.6. The molecule has 0 aliphatic carbocycles. The molecule has 0 aromatic heterocycles. The Morgan fingerprint density at radius 2 is 1.70 bits per heavy atom. The van der Waals surface area contributed by atoms with Gasteiger partial charge in [-0.15, -0.1) is 0 Å². The van der Waals surface area contributed by atoms with E-state index in [2.05, 4.69) is 5.32 Å². The number of non-ortho nitro benzene ring substituents is 1. The molecule has 0 bridgehead atoms. The highest BCUT2D eigenvalue weighted by Crippen LogP contribution is 2.29. The van der Waals surface area contributed by atoms with Gasteiger partial charge in [0.2, 0.25) is 0 Å². The minimum Gasteiger partial charge on any atom is -0.444 e. The molecular weight excluding hydrogens is 296 g/mol. The maximum absolute atomic E-state index is 11.9. The van der Waals surface area contributed by atoms with Gasteiger partial charge < -0.3 is 4.74 Å². The second-order valence-corrected chi connectivity index (χ2v) is 5.98. The Kier molecular flexibility index (Phi) is 4.64. The Morgan fingerprint density at radius 3 is 2.26 bits per heavy atom. The molecule has 0 radical (unpaired) electrons. The van der Waals surface area contributed by atoms with Gasteiger partial charge in [-0.1, -0.05) is 18.2 Å². The summed E-state index contributed by atoms with van der Waals surface area (Å²) in [5.74, 6) is 0. The number of carbonyl (C=O) groups is 1. The maximum Gasteiger partial charge on any atom is 0.412 e. The number of benzene rings is 2. The van der Waals surface area contributed by atoms with Crippen LogP contribution in [0.2, 0.25) is 0 Å². The minimum absolute atomic E-state index is 0.0198. The highest BCUT2D eigenvalue weighted by molar-refractivity contribution is 5.91. The lowest BCUT2D eigenvalue weighted by atomic mass is 10.0. The van der Waals surface area contributed by atoms with Crippen molar-refractivity contribution >= 4 is 17.5 Å². The highest BCUT2D eigenvalue weighted by Gasteiger charge is 2.17. The number of nitro groups is 1. The van der Waals surface area contributed by atoms with E-state index >= 15 is 0 Å². The van der Waals surface area contributed by atoms with Crippen molar-refractivity contribution in [3.8, 4) is 11.1 Å². The van der Waals surface area contributed by atoms with Crippen LogP contribution in [0.15, 0.2) is 48.5 Å². The van der Waals surface area contributed by atoms with Crippen molar-refractivity contribution in [2.24, 2.45) is 0 Å². The molecule has 0 saturated heterocycles. The van der Waals surface area contributed by atoms with Crippen LogP contribution in [0.5, 0.6) is 0 Å². The quantitative estimate of drug-likeness (QED) is 0.662. The molecule has 1 N–H and O–H groups in total. The van der Waals surface area contributed by atoms with Gasteiger partial charge in [-0.05, 0) is 44.5 Å². The van der Waals surface area contributed by atoms with Crippen LogP contribution in [0.3, 0.4) is 0 Å². The van der Waals surface area contributed by atoms with Gasteiger partial charge in [0, 0.05) is 17.7 Å². The van der Waals surface area contributed by atoms with Crippen molar-refractivity contribution in [2.75, 3.05) is 5.32 Å². The monoisotopic (exact) mass is 314 g/mol. The predicted octanol–water partition coefficient (Wildman–Crippen LogP) is 4.61. The Hall–Kier alpha value is -2.89. The zero-order valence-electron chi connectivity index (χ0n) is 13.2. The molecule has 6 heteroatoms.